The first kappa shape index (κ1) is 6.53. The highest BCUT2D eigenvalue weighted by atomic mass is 32.3. The van der Waals surface area contributed by atoms with Gasteiger partial charge in [-0.15, -0.1) is 0 Å². The lowest BCUT2D eigenvalue weighted by Gasteiger charge is -1.90. The number of thiol groups is 1. The topological polar surface area (TPSA) is 9.23 Å². The summed E-state index contributed by atoms with van der Waals surface area (Å²) in [6, 6.07) is 0. The normalized spacial score (nSPS) is 11.0. The molecule has 0 unspecified atom stereocenters. The molecule has 0 amide bonds. The Balaban J connectivity index is 2.34. The van der Waals surface area contributed by atoms with Gasteiger partial charge in [0, 0.05) is 6.61 Å². The fraction of sp³-hybridized carbons (Fsp3) is 1.00. The summed E-state index contributed by atoms with van der Waals surface area (Å²) in [6.45, 7) is 2.99. The van der Waals surface area contributed by atoms with E-state index in [9.17, 15) is 0 Å². The van der Waals surface area contributed by atoms with Crippen LogP contribution in [0.5, 0.6) is 0 Å². The molecule has 0 radical (unpaired) electrons. The smallest absolute Gasteiger partial charge is 0.219 e. The van der Waals surface area contributed by atoms with Crippen molar-refractivity contribution in [1.29, 1.82) is 0 Å². The third-order valence-electron chi connectivity index (χ3n) is 0.440. The molecule has 0 fully saturated rings. The van der Waals surface area contributed by atoms with Gasteiger partial charge in [0.1, 0.15) is 0 Å². The molecule has 0 rings (SSSR count). The van der Waals surface area contributed by atoms with Gasteiger partial charge in [0.2, 0.25) is 8.91 Å². The van der Waals surface area contributed by atoms with Crippen LogP contribution in [0.4, 0.5) is 0 Å². The second-order valence-corrected chi connectivity index (χ2v) is 2.48. The van der Waals surface area contributed by atoms with Crippen molar-refractivity contribution in [1.82, 2.24) is 0 Å². The Kier molecular flexibility index (Phi) is 6.01. The van der Waals surface area contributed by atoms with Crippen molar-refractivity contribution in [3.05, 3.63) is 0 Å². The van der Waals surface area contributed by atoms with Gasteiger partial charge in [-0.05, 0) is 6.42 Å². The Morgan fingerprint density at radius 2 is 2.50 bits per heavy atom. The molecule has 0 aliphatic rings. The van der Waals surface area contributed by atoms with Gasteiger partial charge in [-0.25, -0.2) is 0 Å². The van der Waals surface area contributed by atoms with Gasteiger partial charge in [-0.2, -0.15) is 12.1 Å². The molecule has 0 heterocycles. The van der Waals surface area contributed by atoms with Crippen LogP contribution in [0.3, 0.4) is 0 Å². The molecule has 0 N–H and O–H groups in total. The van der Waals surface area contributed by atoms with Gasteiger partial charge in [0.25, 0.3) is 0 Å². The van der Waals surface area contributed by atoms with E-state index in [0.29, 0.717) is 0 Å². The maximum Gasteiger partial charge on any atom is 0.219 e. The van der Waals surface area contributed by atoms with Gasteiger partial charge in [0.05, 0.1) is 0 Å². The lowest BCUT2D eigenvalue weighted by molar-refractivity contribution is 0.346. The standard InChI is InChI=1S/C3H10OSSi/c1-2-3-4-6-5/h5H,2-3,6H2,1H3. The van der Waals surface area contributed by atoms with E-state index in [4.69, 9.17) is 4.43 Å². The summed E-state index contributed by atoms with van der Waals surface area (Å²) in [4.78, 5) is 0. The Labute approximate surface area is 46.1 Å². The first-order chi connectivity index (χ1) is 2.91. The molecule has 0 saturated heterocycles. The average Bonchev–Trinajstić information content (AvgIpc) is 1.61. The van der Waals surface area contributed by atoms with Crippen molar-refractivity contribution >= 4 is 21.0 Å². The van der Waals surface area contributed by atoms with Gasteiger partial charge in [-0.1, -0.05) is 6.92 Å². The molecule has 0 aromatic carbocycles. The third-order valence-corrected chi connectivity index (χ3v) is 1.46. The molecular formula is C3H10OSSi. The molecule has 0 bridgehead atoms. The zero-order valence-corrected chi connectivity index (χ0v) is 6.29. The SMILES string of the molecule is CCCO[SiH2]S. The van der Waals surface area contributed by atoms with Crippen molar-refractivity contribution < 1.29 is 4.43 Å². The van der Waals surface area contributed by atoms with Crippen LogP contribution in [0.15, 0.2) is 0 Å². The Morgan fingerprint density at radius 1 is 1.83 bits per heavy atom. The zero-order chi connectivity index (χ0) is 4.83. The maximum absolute atomic E-state index is 4.99. The monoisotopic (exact) mass is 122 g/mol. The van der Waals surface area contributed by atoms with Gasteiger partial charge >= 0.3 is 0 Å². The van der Waals surface area contributed by atoms with E-state index in [1.54, 1.807) is 0 Å². The molecule has 38 valence electrons. The van der Waals surface area contributed by atoms with Gasteiger partial charge < -0.3 is 4.43 Å². The van der Waals surface area contributed by atoms with Gasteiger partial charge in [-0.3, -0.25) is 0 Å². The Bertz CT molecular complexity index is 22.8. The molecule has 1 nitrogen and oxygen atoms in total. The van der Waals surface area contributed by atoms with Crippen LogP contribution >= 0.6 is 12.1 Å². The van der Waals surface area contributed by atoms with Crippen molar-refractivity contribution in [2.75, 3.05) is 6.61 Å². The van der Waals surface area contributed by atoms with Gasteiger partial charge in [0.15, 0.2) is 0 Å². The average molecular weight is 122 g/mol. The van der Waals surface area contributed by atoms with Crippen LogP contribution in [0.25, 0.3) is 0 Å². The fourth-order valence-electron chi connectivity index (χ4n) is 0.209. The van der Waals surface area contributed by atoms with Crippen LogP contribution in [-0.2, 0) is 4.43 Å². The summed E-state index contributed by atoms with van der Waals surface area (Å²) in [5.74, 6) is 0. The minimum Gasteiger partial charge on any atom is -0.413 e. The number of hydrogen-bond donors (Lipinski definition) is 1. The third kappa shape index (κ3) is 4.53. The van der Waals surface area contributed by atoms with Crippen LogP contribution in [0.1, 0.15) is 13.3 Å². The molecule has 0 aliphatic carbocycles. The Morgan fingerprint density at radius 3 is 2.67 bits per heavy atom. The molecule has 0 spiro atoms. The molecular weight excluding hydrogens is 112 g/mol. The highest BCUT2D eigenvalue weighted by Crippen LogP contribution is 1.77. The molecule has 0 aromatic rings. The first-order valence-electron chi connectivity index (χ1n) is 2.10. The Hall–Kier alpha value is 0.527. The number of rotatable bonds is 3. The first-order valence-corrected chi connectivity index (χ1v) is 5.21. The lowest BCUT2D eigenvalue weighted by Crippen LogP contribution is -1.90. The van der Waals surface area contributed by atoms with E-state index in [1.807, 2.05) is 0 Å². The minimum atomic E-state index is -0.403. The van der Waals surface area contributed by atoms with Crippen LogP contribution in [0.2, 0.25) is 0 Å². The van der Waals surface area contributed by atoms with Crippen molar-refractivity contribution in [2.24, 2.45) is 0 Å². The van der Waals surface area contributed by atoms with Crippen molar-refractivity contribution in [2.45, 2.75) is 13.3 Å². The molecule has 3 heteroatoms. The maximum atomic E-state index is 4.99. The lowest BCUT2D eigenvalue weighted by atomic mass is 10.5. The molecule has 0 atom stereocenters. The van der Waals surface area contributed by atoms with E-state index in [1.165, 1.54) is 0 Å². The van der Waals surface area contributed by atoms with E-state index in [2.05, 4.69) is 19.0 Å². The molecule has 0 aromatic heterocycles. The van der Waals surface area contributed by atoms with Crippen molar-refractivity contribution in [3.63, 3.8) is 0 Å². The zero-order valence-electron chi connectivity index (χ0n) is 3.98. The minimum absolute atomic E-state index is 0.403. The van der Waals surface area contributed by atoms with E-state index in [-0.39, 0.29) is 0 Å². The fourth-order valence-corrected chi connectivity index (χ4v) is 1.01. The van der Waals surface area contributed by atoms with E-state index < -0.39 is 8.91 Å². The van der Waals surface area contributed by atoms with Crippen LogP contribution in [0, 0.1) is 0 Å². The van der Waals surface area contributed by atoms with Crippen LogP contribution < -0.4 is 0 Å². The summed E-state index contributed by atoms with van der Waals surface area (Å²) in [6.07, 6.45) is 1.12. The predicted octanol–water partition coefficient (Wildman–Crippen LogP) is 0.342. The van der Waals surface area contributed by atoms with Crippen LogP contribution in [-0.4, -0.2) is 15.5 Å². The highest BCUT2D eigenvalue weighted by molar-refractivity contribution is 8.06. The summed E-state index contributed by atoms with van der Waals surface area (Å²) < 4.78 is 4.99. The highest BCUT2D eigenvalue weighted by Gasteiger charge is 1.74. The molecule has 0 aliphatic heterocycles. The van der Waals surface area contributed by atoms with Crippen molar-refractivity contribution in [3.8, 4) is 0 Å². The second kappa shape index (κ2) is 5.53. The second-order valence-electron chi connectivity index (χ2n) is 1.04. The largest absolute Gasteiger partial charge is 0.413 e. The summed E-state index contributed by atoms with van der Waals surface area (Å²) in [5, 5.41) is 0. The van der Waals surface area contributed by atoms with E-state index in [0.717, 1.165) is 13.0 Å². The number of hydrogen-bond acceptors (Lipinski definition) is 2. The molecule has 6 heavy (non-hydrogen) atoms. The molecule has 0 saturated carbocycles. The van der Waals surface area contributed by atoms with E-state index >= 15 is 0 Å². The summed E-state index contributed by atoms with van der Waals surface area (Å²) in [5.41, 5.74) is 0. The quantitative estimate of drug-likeness (QED) is 0.323. The predicted molar refractivity (Wildman–Crippen MR) is 33.8 cm³/mol. The summed E-state index contributed by atoms with van der Waals surface area (Å²) >= 11 is 3.97. The summed E-state index contributed by atoms with van der Waals surface area (Å²) in [7, 11) is -0.403.